The second kappa shape index (κ2) is 16.1. The molecule has 1 aliphatic carbocycles. The average Bonchev–Trinajstić information content (AvgIpc) is 3.74. The standard InChI is InChI=1S/C39H43ClN6O7/c1-44-24-28(34(43-44)31-23-29(40)11-14-33(31)47)10-7-26-8-12-30(13-9-26)41-36(48)32-25-53-39(15-19-51-20-16-39)46(32)37(49)35(27-5-3-2-4-6-27)42-38(50)45-17-21-52-22-18-45/h8-9,11-14,23-24,27,32,47H,2-6,15-22,25H2,1H3,(H,41,48)/b42-35+/t32-/m0/s1. The van der Waals surface area contributed by atoms with Gasteiger partial charge in [0.1, 0.15) is 28.9 Å². The van der Waals surface area contributed by atoms with Gasteiger partial charge in [-0.25, -0.2) is 4.79 Å². The molecule has 3 aromatic rings. The normalized spacial score (nSPS) is 20.6. The number of aromatic nitrogens is 2. The second-order valence-electron chi connectivity index (χ2n) is 13.8. The van der Waals surface area contributed by atoms with Gasteiger partial charge in [0.05, 0.1) is 38.6 Å². The molecule has 4 fully saturated rings. The number of phenolic OH excluding ortho intramolecular Hbond substituents is 1. The Kier molecular flexibility index (Phi) is 11.1. The monoisotopic (exact) mass is 742 g/mol. The van der Waals surface area contributed by atoms with Crippen molar-refractivity contribution in [1.29, 1.82) is 0 Å². The van der Waals surface area contributed by atoms with Crippen LogP contribution < -0.4 is 5.32 Å². The fraction of sp³-hybridized carbons (Fsp3) is 0.462. The Bertz CT molecular complexity index is 1930. The Hall–Kier alpha value is -4.74. The number of benzene rings is 2. The highest BCUT2D eigenvalue weighted by Crippen LogP contribution is 2.39. The number of hydrogen-bond donors (Lipinski definition) is 2. The number of carbonyl (C=O) groups excluding carboxylic acids is 3. The van der Waals surface area contributed by atoms with Crippen molar-refractivity contribution < 1.29 is 33.7 Å². The molecule has 4 amide bonds. The molecule has 3 aliphatic heterocycles. The Balaban J connectivity index is 1.11. The summed E-state index contributed by atoms with van der Waals surface area (Å²) in [5, 5.41) is 18.3. The predicted molar refractivity (Wildman–Crippen MR) is 198 cm³/mol. The van der Waals surface area contributed by atoms with Crippen molar-refractivity contribution in [3.8, 4) is 28.8 Å². The van der Waals surface area contributed by atoms with Gasteiger partial charge in [0, 0.05) is 66.9 Å². The molecule has 0 bridgehead atoms. The van der Waals surface area contributed by atoms with Crippen LogP contribution >= 0.6 is 11.6 Å². The lowest BCUT2D eigenvalue weighted by atomic mass is 9.84. The number of morpholine rings is 1. The Morgan fingerprint density at radius 2 is 1.70 bits per heavy atom. The molecule has 13 nitrogen and oxygen atoms in total. The van der Waals surface area contributed by atoms with E-state index in [9.17, 15) is 19.5 Å². The van der Waals surface area contributed by atoms with E-state index in [4.69, 9.17) is 25.8 Å². The SMILES string of the molecule is Cn1cc(C#Cc2ccc(NC(=O)[C@@H]3COC4(CCOCC4)N3C(=O)/C(=N/C(=O)N3CCOCC3)C3CCCCC3)cc2)c(-c2cc(Cl)ccc2O)n1. The Labute approximate surface area is 313 Å². The molecule has 4 aliphatic rings. The maximum atomic E-state index is 14.7. The fourth-order valence-electron chi connectivity index (χ4n) is 7.48. The number of nitrogens with zero attached hydrogens (tertiary/aromatic N) is 5. The first-order chi connectivity index (χ1) is 25.7. The smallest absolute Gasteiger partial charge is 0.344 e. The van der Waals surface area contributed by atoms with Crippen LogP contribution in [0.3, 0.4) is 0 Å². The minimum atomic E-state index is -1.04. The quantitative estimate of drug-likeness (QED) is 0.275. The minimum Gasteiger partial charge on any atom is -0.507 e. The number of anilines is 1. The lowest BCUT2D eigenvalue weighted by molar-refractivity contribution is -0.164. The molecule has 1 atom stereocenters. The maximum absolute atomic E-state index is 14.7. The lowest BCUT2D eigenvalue weighted by Crippen LogP contribution is -2.59. The number of aryl methyl sites for hydroxylation is 1. The van der Waals surface area contributed by atoms with Gasteiger partial charge in [-0.2, -0.15) is 10.1 Å². The molecule has 4 heterocycles. The molecular formula is C39H43ClN6O7. The molecule has 1 saturated carbocycles. The predicted octanol–water partition coefficient (Wildman–Crippen LogP) is 4.99. The van der Waals surface area contributed by atoms with Crippen LogP contribution in [0.1, 0.15) is 56.1 Å². The first-order valence-corrected chi connectivity index (χ1v) is 18.5. The number of amides is 4. The van der Waals surface area contributed by atoms with Gasteiger partial charge in [-0.3, -0.25) is 19.2 Å². The first-order valence-electron chi connectivity index (χ1n) is 18.2. The van der Waals surface area contributed by atoms with E-state index in [1.54, 1.807) is 64.1 Å². The first kappa shape index (κ1) is 36.6. The third-order valence-corrected chi connectivity index (χ3v) is 10.5. The second-order valence-corrected chi connectivity index (χ2v) is 14.3. The highest BCUT2D eigenvalue weighted by atomic mass is 35.5. The molecule has 0 unspecified atom stereocenters. The number of hydrogen-bond acceptors (Lipinski definition) is 8. The highest BCUT2D eigenvalue weighted by molar-refractivity contribution is 6.41. The van der Waals surface area contributed by atoms with Crippen molar-refractivity contribution in [3.63, 3.8) is 0 Å². The van der Waals surface area contributed by atoms with Crippen LogP contribution in [0.25, 0.3) is 11.3 Å². The van der Waals surface area contributed by atoms with Crippen LogP contribution in [-0.2, 0) is 30.8 Å². The maximum Gasteiger partial charge on any atom is 0.344 e. The van der Waals surface area contributed by atoms with Gasteiger partial charge in [-0.1, -0.05) is 42.7 Å². The number of rotatable bonds is 5. The van der Waals surface area contributed by atoms with E-state index >= 15 is 0 Å². The molecule has 0 radical (unpaired) electrons. The molecule has 1 spiro atoms. The molecule has 2 N–H and O–H groups in total. The van der Waals surface area contributed by atoms with E-state index in [1.807, 2.05) is 0 Å². The van der Waals surface area contributed by atoms with Gasteiger partial charge >= 0.3 is 6.03 Å². The van der Waals surface area contributed by atoms with Gasteiger partial charge in [0.15, 0.2) is 0 Å². The van der Waals surface area contributed by atoms with E-state index in [0.717, 1.165) is 32.1 Å². The number of halogens is 1. The van der Waals surface area contributed by atoms with E-state index in [0.29, 0.717) is 85.5 Å². The van der Waals surface area contributed by atoms with E-state index in [1.165, 1.54) is 6.07 Å². The zero-order valence-electron chi connectivity index (χ0n) is 29.7. The Morgan fingerprint density at radius 1 is 0.981 bits per heavy atom. The van der Waals surface area contributed by atoms with Crippen molar-refractivity contribution in [2.24, 2.45) is 18.0 Å². The summed E-state index contributed by atoms with van der Waals surface area (Å²) in [7, 11) is 1.77. The summed E-state index contributed by atoms with van der Waals surface area (Å²) in [4.78, 5) is 49.9. The van der Waals surface area contributed by atoms with Gasteiger partial charge in [-0.15, -0.1) is 0 Å². The largest absolute Gasteiger partial charge is 0.507 e. The van der Waals surface area contributed by atoms with Crippen LogP contribution in [0.4, 0.5) is 10.5 Å². The number of ether oxygens (including phenoxy) is 3. The summed E-state index contributed by atoms with van der Waals surface area (Å²) in [5.74, 6) is 5.30. The Morgan fingerprint density at radius 3 is 2.43 bits per heavy atom. The van der Waals surface area contributed by atoms with Crippen molar-refractivity contribution in [1.82, 2.24) is 19.6 Å². The third-order valence-electron chi connectivity index (χ3n) is 10.3. The number of aromatic hydroxyl groups is 1. The van der Waals surface area contributed by atoms with E-state index in [2.05, 4.69) is 27.2 Å². The summed E-state index contributed by atoms with van der Waals surface area (Å²) in [6.45, 7) is 2.44. The van der Waals surface area contributed by atoms with Crippen LogP contribution in [0.5, 0.6) is 5.75 Å². The summed E-state index contributed by atoms with van der Waals surface area (Å²) in [6, 6.07) is 10.4. The number of phenols is 1. The summed E-state index contributed by atoms with van der Waals surface area (Å²) >= 11 is 6.18. The van der Waals surface area contributed by atoms with Crippen molar-refractivity contribution in [2.75, 3.05) is 51.4 Å². The minimum absolute atomic E-state index is 0.00607. The molecule has 7 rings (SSSR count). The number of carbonyl (C=O) groups is 3. The van der Waals surface area contributed by atoms with E-state index in [-0.39, 0.29) is 24.0 Å². The average molecular weight is 743 g/mol. The van der Waals surface area contributed by atoms with Gasteiger partial charge < -0.3 is 29.5 Å². The topological polar surface area (TPSA) is 148 Å². The molecule has 1 aromatic heterocycles. The van der Waals surface area contributed by atoms with Gasteiger partial charge in [0.2, 0.25) is 5.91 Å². The highest BCUT2D eigenvalue weighted by Gasteiger charge is 2.54. The molecule has 14 heteroatoms. The molecule has 53 heavy (non-hydrogen) atoms. The zero-order valence-corrected chi connectivity index (χ0v) is 30.4. The summed E-state index contributed by atoms with van der Waals surface area (Å²) < 4.78 is 19.0. The number of aliphatic imine (C=N–C) groups is 1. The summed E-state index contributed by atoms with van der Waals surface area (Å²) in [6.07, 6.45) is 7.03. The van der Waals surface area contributed by atoms with Crippen LogP contribution in [0.15, 0.2) is 53.7 Å². The lowest BCUT2D eigenvalue weighted by Gasteiger charge is -2.42. The van der Waals surface area contributed by atoms with Crippen molar-refractivity contribution >= 4 is 40.8 Å². The zero-order chi connectivity index (χ0) is 37.0. The third kappa shape index (κ3) is 8.11. The molecule has 3 saturated heterocycles. The van der Waals surface area contributed by atoms with Crippen LogP contribution in [-0.4, -0.2) is 106 Å². The molecule has 2 aromatic carbocycles. The fourth-order valence-corrected chi connectivity index (χ4v) is 7.65. The van der Waals surface area contributed by atoms with Gasteiger partial charge in [0.25, 0.3) is 5.91 Å². The molecule has 278 valence electrons. The molecular weight excluding hydrogens is 700 g/mol. The van der Waals surface area contributed by atoms with Crippen LogP contribution in [0.2, 0.25) is 5.02 Å². The van der Waals surface area contributed by atoms with Crippen LogP contribution in [0, 0.1) is 17.8 Å². The number of urea groups is 1. The van der Waals surface area contributed by atoms with Gasteiger partial charge in [-0.05, 0) is 55.3 Å². The summed E-state index contributed by atoms with van der Waals surface area (Å²) in [5.41, 5.74) is 1.97. The number of nitrogens with one attached hydrogen (secondary N) is 1. The van der Waals surface area contributed by atoms with E-state index < -0.39 is 29.6 Å². The van der Waals surface area contributed by atoms with Crippen molar-refractivity contribution in [3.05, 3.63) is 64.8 Å². The van der Waals surface area contributed by atoms with Crippen molar-refractivity contribution in [2.45, 2.75) is 56.7 Å².